The second-order valence-electron chi connectivity index (χ2n) is 5.83. The topological polar surface area (TPSA) is 82.7 Å². The van der Waals surface area contributed by atoms with Crippen LogP contribution in [0.5, 0.6) is 0 Å². The molecule has 0 bridgehead atoms. The van der Waals surface area contributed by atoms with E-state index in [0.29, 0.717) is 17.9 Å². The van der Waals surface area contributed by atoms with Crippen LogP contribution in [0, 0.1) is 0 Å². The van der Waals surface area contributed by atoms with Crippen LogP contribution in [0.15, 0.2) is 41.1 Å². The lowest BCUT2D eigenvalue weighted by Crippen LogP contribution is -2.39. The van der Waals surface area contributed by atoms with Crippen molar-refractivity contribution < 1.29 is 14.3 Å². The van der Waals surface area contributed by atoms with Gasteiger partial charge in [-0.05, 0) is 53.7 Å². The maximum atomic E-state index is 12.3. The van der Waals surface area contributed by atoms with Crippen molar-refractivity contribution in [1.29, 1.82) is 0 Å². The molecule has 2 rings (SSSR count). The first-order valence-corrected chi connectivity index (χ1v) is 9.77. The normalized spacial score (nSPS) is 11.7. The molecule has 146 valence electrons. The van der Waals surface area contributed by atoms with Crippen molar-refractivity contribution in [2.45, 2.75) is 19.9 Å². The molecule has 0 aliphatic heterocycles. The molecule has 0 aliphatic rings. The van der Waals surface area contributed by atoms with E-state index in [0.717, 1.165) is 13.1 Å². The van der Waals surface area contributed by atoms with Gasteiger partial charge in [0, 0.05) is 17.9 Å². The smallest absolute Gasteiger partial charge is 0.411 e. The van der Waals surface area contributed by atoms with Crippen molar-refractivity contribution in [3.05, 3.63) is 46.7 Å². The van der Waals surface area contributed by atoms with Crippen LogP contribution in [0.1, 0.15) is 25.5 Å². The minimum atomic E-state index is -0.561. The Labute approximate surface area is 163 Å². The Balaban J connectivity index is 1.96. The minimum Gasteiger partial charge on any atom is -0.453 e. The van der Waals surface area contributed by atoms with E-state index >= 15 is 0 Å². The number of urea groups is 1. The summed E-state index contributed by atoms with van der Waals surface area (Å²) in [4.78, 5) is 25.9. The van der Waals surface area contributed by atoms with Crippen LogP contribution >= 0.6 is 11.3 Å². The van der Waals surface area contributed by atoms with E-state index in [9.17, 15) is 9.59 Å². The first kappa shape index (κ1) is 20.7. The third-order valence-electron chi connectivity index (χ3n) is 4.19. The van der Waals surface area contributed by atoms with E-state index in [1.165, 1.54) is 12.7 Å². The monoisotopic (exact) mass is 390 g/mol. The Morgan fingerprint density at radius 3 is 2.44 bits per heavy atom. The molecule has 0 aliphatic carbocycles. The van der Waals surface area contributed by atoms with Crippen molar-refractivity contribution in [2.24, 2.45) is 0 Å². The number of ether oxygens (including phenoxy) is 1. The SMILES string of the molecule is CCN(CC)C(CNC(=O)Nc1cccc(NC(=O)OC)c1)c1ccsc1. The molecule has 0 spiro atoms. The number of methoxy groups -OCH3 is 1. The summed E-state index contributed by atoms with van der Waals surface area (Å²) in [6.45, 7) is 6.54. The lowest BCUT2D eigenvalue weighted by molar-refractivity contribution is 0.187. The number of carbonyl (C=O) groups excluding carboxylic acids is 2. The van der Waals surface area contributed by atoms with Crippen molar-refractivity contribution in [3.8, 4) is 0 Å². The molecule has 0 fully saturated rings. The van der Waals surface area contributed by atoms with Crippen LogP contribution in [-0.2, 0) is 4.74 Å². The molecule has 3 amide bonds. The number of amides is 3. The molecule has 3 N–H and O–H groups in total. The van der Waals surface area contributed by atoms with E-state index in [4.69, 9.17) is 0 Å². The molecule has 0 saturated carbocycles. The van der Waals surface area contributed by atoms with Crippen LogP contribution in [0.4, 0.5) is 21.0 Å². The third kappa shape index (κ3) is 6.26. The first-order valence-electron chi connectivity index (χ1n) is 8.83. The summed E-state index contributed by atoms with van der Waals surface area (Å²) in [6.07, 6.45) is -0.561. The average Bonchev–Trinajstić information content (AvgIpc) is 3.19. The Morgan fingerprint density at radius 2 is 1.85 bits per heavy atom. The largest absolute Gasteiger partial charge is 0.453 e. The van der Waals surface area contributed by atoms with Crippen LogP contribution in [-0.4, -0.2) is 43.8 Å². The van der Waals surface area contributed by atoms with Crippen LogP contribution in [0.3, 0.4) is 0 Å². The molecule has 1 unspecified atom stereocenters. The summed E-state index contributed by atoms with van der Waals surface area (Å²) >= 11 is 1.65. The Kier molecular flexibility index (Phi) is 8.09. The number of hydrogen-bond acceptors (Lipinski definition) is 5. The maximum Gasteiger partial charge on any atom is 0.411 e. The molecule has 0 radical (unpaired) electrons. The fourth-order valence-electron chi connectivity index (χ4n) is 2.80. The number of nitrogens with zero attached hydrogens (tertiary/aromatic N) is 1. The van der Waals surface area contributed by atoms with Gasteiger partial charge in [-0.15, -0.1) is 0 Å². The van der Waals surface area contributed by atoms with Crippen LogP contribution < -0.4 is 16.0 Å². The molecule has 7 nitrogen and oxygen atoms in total. The highest BCUT2D eigenvalue weighted by Crippen LogP contribution is 2.22. The molecular weight excluding hydrogens is 364 g/mol. The number of anilines is 2. The highest BCUT2D eigenvalue weighted by Gasteiger charge is 2.19. The Hall–Kier alpha value is -2.58. The molecule has 27 heavy (non-hydrogen) atoms. The highest BCUT2D eigenvalue weighted by molar-refractivity contribution is 7.07. The Bertz CT molecular complexity index is 732. The summed E-state index contributed by atoms with van der Waals surface area (Å²) in [5.41, 5.74) is 2.32. The molecule has 1 atom stereocenters. The highest BCUT2D eigenvalue weighted by atomic mass is 32.1. The van der Waals surface area contributed by atoms with Crippen LogP contribution in [0.25, 0.3) is 0 Å². The summed E-state index contributed by atoms with van der Waals surface area (Å²) < 4.78 is 4.57. The summed E-state index contributed by atoms with van der Waals surface area (Å²) in [7, 11) is 1.30. The van der Waals surface area contributed by atoms with Gasteiger partial charge in [0.1, 0.15) is 0 Å². The zero-order valence-corrected chi connectivity index (χ0v) is 16.6. The van der Waals surface area contributed by atoms with Crippen molar-refractivity contribution in [1.82, 2.24) is 10.2 Å². The van der Waals surface area contributed by atoms with Crippen LogP contribution in [0.2, 0.25) is 0 Å². The van der Waals surface area contributed by atoms with Gasteiger partial charge < -0.3 is 15.4 Å². The predicted molar refractivity (Wildman–Crippen MR) is 109 cm³/mol. The number of carbonyl (C=O) groups is 2. The van der Waals surface area contributed by atoms with E-state index < -0.39 is 6.09 Å². The summed E-state index contributed by atoms with van der Waals surface area (Å²) in [5.74, 6) is 0. The fourth-order valence-corrected chi connectivity index (χ4v) is 3.50. The second kappa shape index (κ2) is 10.5. The van der Waals surface area contributed by atoms with Gasteiger partial charge in [0.15, 0.2) is 0 Å². The number of benzene rings is 1. The number of nitrogens with one attached hydrogen (secondary N) is 3. The molecule has 1 heterocycles. The van der Waals surface area contributed by atoms with Crippen molar-refractivity contribution >= 4 is 34.8 Å². The van der Waals surface area contributed by atoms with E-state index in [2.05, 4.69) is 50.9 Å². The third-order valence-corrected chi connectivity index (χ3v) is 4.89. The average molecular weight is 391 g/mol. The van der Waals surface area contributed by atoms with Crippen molar-refractivity contribution in [2.75, 3.05) is 37.4 Å². The number of likely N-dealkylation sites (N-methyl/N-ethyl adjacent to an activating group) is 1. The quantitative estimate of drug-likeness (QED) is 0.633. The van der Waals surface area contributed by atoms with Gasteiger partial charge >= 0.3 is 12.1 Å². The second-order valence-corrected chi connectivity index (χ2v) is 6.61. The lowest BCUT2D eigenvalue weighted by Gasteiger charge is -2.29. The van der Waals surface area contributed by atoms with Gasteiger partial charge in [-0.2, -0.15) is 11.3 Å². The van der Waals surface area contributed by atoms with E-state index in [1.54, 1.807) is 35.6 Å². The minimum absolute atomic E-state index is 0.129. The summed E-state index contributed by atoms with van der Waals surface area (Å²) in [5, 5.41) is 12.5. The predicted octanol–water partition coefficient (Wildman–Crippen LogP) is 4.13. The maximum absolute atomic E-state index is 12.3. The molecule has 1 aromatic heterocycles. The van der Waals surface area contributed by atoms with Gasteiger partial charge in [0.2, 0.25) is 0 Å². The van der Waals surface area contributed by atoms with Gasteiger partial charge in [0.05, 0.1) is 13.2 Å². The van der Waals surface area contributed by atoms with E-state index in [-0.39, 0.29) is 12.1 Å². The molecule has 2 aromatic rings. The number of hydrogen-bond donors (Lipinski definition) is 3. The first-order chi connectivity index (χ1) is 13.1. The van der Waals surface area contributed by atoms with Crippen molar-refractivity contribution in [3.63, 3.8) is 0 Å². The summed E-state index contributed by atoms with van der Waals surface area (Å²) in [6, 6.07) is 8.80. The van der Waals surface area contributed by atoms with Gasteiger partial charge in [-0.25, -0.2) is 9.59 Å². The zero-order chi connectivity index (χ0) is 19.6. The van der Waals surface area contributed by atoms with Gasteiger partial charge in [-0.1, -0.05) is 19.9 Å². The standard InChI is InChI=1S/C19H26N4O3S/c1-4-23(5-2)17(14-9-10-27-13-14)12-20-18(24)21-15-7-6-8-16(11-15)22-19(25)26-3/h6-11,13,17H,4-5,12H2,1-3H3,(H,22,25)(H2,20,21,24). The molecule has 0 saturated heterocycles. The van der Waals surface area contributed by atoms with Gasteiger partial charge in [0.25, 0.3) is 0 Å². The van der Waals surface area contributed by atoms with E-state index in [1.807, 2.05) is 5.38 Å². The number of thiophene rings is 1. The van der Waals surface area contributed by atoms with Gasteiger partial charge in [-0.3, -0.25) is 10.2 Å². The lowest BCUT2D eigenvalue weighted by atomic mass is 10.1. The molecule has 8 heteroatoms. The molecule has 1 aromatic carbocycles. The number of rotatable bonds is 8. The molecular formula is C19H26N4O3S. The fraction of sp³-hybridized carbons (Fsp3) is 0.368. The Morgan fingerprint density at radius 1 is 1.15 bits per heavy atom. The zero-order valence-electron chi connectivity index (χ0n) is 15.8.